The molecule has 0 N–H and O–H groups in total. The number of carbonyl (C=O) groups is 1. The molecule has 0 atom stereocenters. The standard InChI is InChI=1S/C35H36O3/c1-37-24-6-26-38-25-5-7-28-14-19-32(20-15-28)33-21-16-31(17-22-33)27-30-12-10-29(11-13-30)18-23-35(36)34-8-3-2-4-9-34/h2-4,8-23H,5-7,24-27H2,1H3/b23-18+. The van der Waals surface area contributed by atoms with Crippen molar-refractivity contribution < 1.29 is 14.3 Å². The van der Waals surface area contributed by atoms with Gasteiger partial charge in [0.1, 0.15) is 0 Å². The molecule has 0 unspecified atom stereocenters. The molecule has 4 aromatic rings. The number of benzene rings is 4. The lowest BCUT2D eigenvalue weighted by Crippen LogP contribution is -2.01. The molecule has 0 heterocycles. The molecule has 0 aliphatic carbocycles. The minimum atomic E-state index is 0.0171. The van der Waals surface area contributed by atoms with Gasteiger partial charge in [0.25, 0.3) is 0 Å². The van der Waals surface area contributed by atoms with Crippen molar-refractivity contribution in [2.45, 2.75) is 25.7 Å². The van der Waals surface area contributed by atoms with Crippen LogP contribution in [0, 0.1) is 0 Å². The minimum Gasteiger partial charge on any atom is -0.385 e. The van der Waals surface area contributed by atoms with Gasteiger partial charge in [0.05, 0.1) is 0 Å². The molecular formula is C35H36O3. The van der Waals surface area contributed by atoms with Crippen LogP contribution in [0.25, 0.3) is 17.2 Å². The molecule has 0 amide bonds. The lowest BCUT2D eigenvalue weighted by molar-refractivity contribution is 0.101. The first kappa shape index (κ1) is 27.3. The molecule has 0 bridgehead atoms. The van der Waals surface area contributed by atoms with Crippen molar-refractivity contribution in [2.75, 3.05) is 26.9 Å². The molecule has 0 aliphatic rings. The zero-order chi connectivity index (χ0) is 26.4. The smallest absolute Gasteiger partial charge is 0.185 e. The molecule has 0 fully saturated rings. The maximum atomic E-state index is 12.3. The van der Waals surface area contributed by atoms with E-state index in [0.29, 0.717) is 5.56 Å². The first-order chi connectivity index (χ1) is 18.7. The highest BCUT2D eigenvalue weighted by Gasteiger charge is 2.03. The molecule has 194 valence electrons. The van der Waals surface area contributed by atoms with Crippen molar-refractivity contribution in [3.8, 4) is 11.1 Å². The van der Waals surface area contributed by atoms with Gasteiger partial charge in [-0.25, -0.2) is 0 Å². The number of ketones is 1. The van der Waals surface area contributed by atoms with E-state index in [1.54, 1.807) is 13.2 Å². The van der Waals surface area contributed by atoms with Crippen molar-refractivity contribution in [1.82, 2.24) is 0 Å². The third-order valence-electron chi connectivity index (χ3n) is 6.51. The van der Waals surface area contributed by atoms with E-state index in [-0.39, 0.29) is 5.78 Å². The summed E-state index contributed by atoms with van der Waals surface area (Å²) in [5.41, 5.74) is 8.05. The van der Waals surface area contributed by atoms with Gasteiger partial charge in [0.2, 0.25) is 0 Å². The van der Waals surface area contributed by atoms with E-state index in [2.05, 4.69) is 72.8 Å². The van der Waals surface area contributed by atoms with Crippen molar-refractivity contribution in [1.29, 1.82) is 0 Å². The Bertz CT molecular complexity index is 1270. The molecule has 0 radical (unpaired) electrons. The number of methoxy groups -OCH3 is 1. The van der Waals surface area contributed by atoms with E-state index >= 15 is 0 Å². The van der Waals surface area contributed by atoms with E-state index in [9.17, 15) is 4.79 Å². The Labute approximate surface area is 226 Å². The number of rotatable bonds is 14. The molecule has 0 spiro atoms. The summed E-state index contributed by atoms with van der Waals surface area (Å²) in [6.45, 7) is 2.32. The zero-order valence-corrected chi connectivity index (χ0v) is 22.1. The van der Waals surface area contributed by atoms with Gasteiger partial charge in [-0.1, -0.05) is 109 Å². The Morgan fingerprint density at radius 1 is 0.658 bits per heavy atom. The maximum Gasteiger partial charge on any atom is 0.185 e. The van der Waals surface area contributed by atoms with E-state index in [1.807, 2.05) is 36.4 Å². The molecule has 0 saturated carbocycles. The SMILES string of the molecule is COCCCOCCCc1ccc(-c2ccc(Cc3ccc(/C=C/C(=O)c4ccccc4)cc3)cc2)cc1. The zero-order valence-electron chi connectivity index (χ0n) is 22.1. The summed E-state index contributed by atoms with van der Waals surface area (Å²) in [5, 5.41) is 0. The first-order valence-corrected chi connectivity index (χ1v) is 13.3. The predicted molar refractivity (Wildman–Crippen MR) is 157 cm³/mol. The Kier molecular flexibility index (Phi) is 10.6. The molecule has 3 nitrogen and oxygen atoms in total. The van der Waals surface area contributed by atoms with Gasteiger partial charge in [-0.3, -0.25) is 4.79 Å². The Morgan fingerprint density at radius 2 is 1.24 bits per heavy atom. The first-order valence-electron chi connectivity index (χ1n) is 13.3. The number of hydrogen-bond acceptors (Lipinski definition) is 3. The second kappa shape index (κ2) is 14.8. The van der Waals surface area contributed by atoms with Crippen LogP contribution in [0.4, 0.5) is 0 Å². The molecule has 0 aromatic heterocycles. The van der Waals surface area contributed by atoms with Gasteiger partial charge in [-0.2, -0.15) is 0 Å². The highest BCUT2D eigenvalue weighted by molar-refractivity contribution is 6.06. The van der Waals surface area contributed by atoms with Gasteiger partial charge in [0.15, 0.2) is 5.78 Å². The topological polar surface area (TPSA) is 35.5 Å². The molecule has 0 saturated heterocycles. The second-order valence-corrected chi connectivity index (χ2v) is 9.44. The molecule has 4 rings (SSSR count). The summed E-state index contributed by atoms with van der Waals surface area (Å²) >= 11 is 0. The summed E-state index contributed by atoms with van der Waals surface area (Å²) in [5.74, 6) is 0.0171. The average molecular weight is 505 g/mol. The summed E-state index contributed by atoms with van der Waals surface area (Å²) in [7, 11) is 1.72. The van der Waals surface area contributed by atoms with Crippen LogP contribution < -0.4 is 0 Å². The van der Waals surface area contributed by atoms with Gasteiger partial charge in [-0.05, 0) is 65.1 Å². The van der Waals surface area contributed by atoms with Crippen LogP contribution in [0.5, 0.6) is 0 Å². The summed E-state index contributed by atoms with van der Waals surface area (Å²) in [6.07, 6.45) is 7.39. The van der Waals surface area contributed by atoms with Crippen LogP contribution in [-0.2, 0) is 22.3 Å². The van der Waals surface area contributed by atoms with Crippen LogP contribution in [0.2, 0.25) is 0 Å². The summed E-state index contributed by atoms with van der Waals surface area (Å²) in [4.78, 5) is 12.3. The normalized spacial score (nSPS) is 11.2. The largest absolute Gasteiger partial charge is 0.385 e. The fraction of sp³-hybridized carbons (Fsp3) is 0.229. The van der Waals surface area contributed by atoms with Crippen molar-refractivity contribution >= 4 is 11.9 Å². The molecule has 4 aromatic carbocycles. The van der Waals surface area contributed by atoms with Crippen molar-refractivity contribution in [2.24, 2.45) is 0 Å². The summed E-state index contributed by atoms with van der Waals surface area (Å²) in [6, 6.07) is 35.4. The van der Waals surface area contributed by atoms with E-state index in [4.69, 9.17) is 9.47 Å². The lowest BCUT2D eigenvalue weighted by Gasteiger charge is -2.08. The van der Waals surface area contributed by atoms with Gasteiger partial charge in [-0.15, -0.1) is 0 Å². The van der Waals surface area contributed by atoms with E-state index < -0.39 is 0 Å². The fourth-order valence-electron chi connectivity index (χ4n) is 4.32. The van der Waals surface area contributed by atoms with Crippen LogP contribution >= 0.6 is 0 Å². The minimum absolute atomic E-state index is 0.0171. The van der Waals surface area contributed by atoms with Crippen LogP contribution in [0.15, 0.2) is 109 Å². The Balaban J connectivity index is 1.25. The third kappa shape index (κ3) is 8.65. The second-order valence-electron chi connectivity index (χ2n) is 9.44. The quantitative estimate of drug-likeness (QED) is 0.0997. The van der Waals surface area contributed by atoms with Crippen molar-refractivity contribution in [3.05, 3.63) is 137 Å². The third-order valence-corrected chi connectivity index (χ3v) is 6.51. The monoisotopic (exact) mass is 504 g/mol. The number of carbonyl (C=O) groups excluding carboxylic acids is 1. The van der Waals surface area contributed by atoms with E-state index in [0.717, 1.165) is 51.1 Å². The molecule has 0 aliphatic heterocycles. The van der Waals surface area contributed by atoms with E-state index in [1.165, 1.54) is 27.8 Å². The maximum absolute atomic E-state index is 12.3. The lowest BCUT2D eigenvalue weighted by atomic mass is 9.98. The van der Waals surface area contributed by atoms with Crippen molar-refractivity contribution in [3.63, 3.8) is 0 Å². The van der Waals surface area contributed by atoms with Crippen LogP contribution in [-0.4, -0.2) is 32.7 Å². The molecule has 38 heavy (non-hydrogen) atoms. The molecular weight excluding hydrogens is 468 g/mol. The van der Waals surface area contributed by atoms with Gasteiger partial charge < -0.3 is 9.47 Å². The summed E-state index contributed by atoms with van der Waals surface area (Å²) < 4.78 is 10.7. The number of allylic oxidation sites excluding steroid dienone is 1. The van der Waals surface area contributed by atoms with Crippen LogP contribution in [0.3, 0.4) is 0 Å². The predicted octanol–water partition coefficient (Wildman–Crippen LogP) is 7.83. The highest BCUT2D eigenvalue weighted by Crippen LogP contribution is 2.22. The number of aryl methyl sites for hydroxylation is 1. The fourth-order valence-corrected chi connectivity index (χ4v) is 4.32. The Morgan fingerprint density at radius 3 is 1.87 bits per heavy atom. The highest BCUT2D eigenvalue weighted by atomic mass is 16.5. The Hall–Kier alpha value is -3.79. The molecule has 3 heteroatoms. The van der Waals surface area contributed by atoms with Gasteiger partial charge in [0, 0.05) is 32.5 Å². The number of ether oxygens (including phenoxy) is 2. The average Bonchev–Trinajstić information content (AvgIpc) is 2.97. The van der Waals surface area contributed by atoms with Gasteiger partial charge >= 0.3 is 0 Å². The van der Waals surface area contributed by atoms with Crippen LogP contribution in [0.1, 0.15) is 45.5 Å². The number of hydrogen-bond donors (Lipinski definition) is 0.